The maximum atomic E-state index is 11.5. The Morgan fingerprint density at radius 2 is 2.00 bits per heavy atom. The van der Waals surface area contributed by atoms with Gasteiger partial charge in [0.2, 0.25) is 5.95 Å². The molecule has 11 heteroatoms. The highest BCUT2D eigenvalue weighted by Crippen LogP contribution is 2.36. The lowest BCUT2D eigenvalue weighted by Gasteiger charge is -2.18. The fourth-order valence-corrected chi connectivity index (χ4v) is 2.96. The van der Waals surface area contributed by atoms with E-state index in [1.807, 2.05) is 0 Å². The summed E-state index contributed by atoms with van der Waals surface area (Å²) in [5.74, 6) is -0.0957. The second kappa shape index (κ2) is 6.19. The molecule has 2 heterocycles. The molecule has 1 aliphatic heterocycles. The fourth-order valence-electron chi connectivity index (χ4n) is 2.96. The number of nitro groups is 2. The number of nitrogens with zero attached hydrogens (tertiary/aromatic N) is 4. The van der Waals surface area contributed by atoms with Gasteiger partial charge in [-0.3, -0.25) is 30.0 Å². The van der Waals surface area contributed by atoms with Gasteiger partial charge in [0, 0.05) is 31.1 Å². The maximum Gasteiger partial charge on any atom is 0.299 e. The van der Waals surface area contributed by atoms with E-state index in [1.54, 1.807) is 4.90 Å². The molecule has 1 atom stereocenters. The van der Waals surface area contributed by atoms with Crippen molar-refractivity contribution in [2.45, 2.75) is 12.3 Å². The maximum absolute atomic E-state index is 11.5. The molecular formula is C14H14N6O5. The highest BCUT2D eigenvalue weighted by Gasteiger charge is 2.30. The molecule has 2 aromatic rings. The van der Waals surface area contributed by atoms with E-state index in [9.17, 15) is 25.0 Å². The molecule has 1 fully saturated rings. The number of non-ortho nitro benzene ring substituents is 1. The topological polar surface area (TPSA) is 161 Å². The zero-order valence-corrected chi connectivity index (χ0v) is 12.9. The number of hydrogen-bond acceptors (Lipinski definition) is 8. The van der Waals surface area contributed by atoms with E-state index < -0.39 is 9.85 Å². The first-order chi connectivity index (χ1) is 11.8. The van der Waals surface area contributed by atoms with Crippen LogP contribution < -0.4 is 16.2 Å². The summed E-state index contributed by atoms with van der Waals surface area (Å²) < 4.78 is 0. The number of rotatable bonds is 4. The third-order valence-corrected chi connectivity index (χ3v) is 4.09. The molecular weight excluding hydrogens is 332 g/mol. The number of H-pyrrole nitrogens is 1. The second-order valence-corrected chi connectivity index (χ2v) is 5.67. The summed E-state index contributed by atoms with van der Waals surface area (Å²) in [4.78, 5) is 40.5. The third-order valence-electron chi connectivity index (χ3n) is 4.09. The molecule has 25 heavy (non-hydrogen) atoms. The number of nitrogen functional groups attached to an aromatic ring is 1. The number of nitro benzene ring substituents is 2. The van der Waals surface area contributed by atoms with E-state index in [1.165, 1.54) is 18.2 Å². The fraction of sp³-hybridized carbons (Fsp3) is 0.286. The second-order valence-electron chi connectivity index (χ2n) is 5.67. The van der Waals surface area contributed by atoms with Gasteiger partial charge in [-0.25, -0.2) is 4.98 Å². The smallest absolute Gasteiger partial charge is 0.299 e. The van der Waals surface area contributed by atoms with Crippen LogP contribution in [0.25, 0.3) is 0 Å². The van der Waals surface area contributed by atoms with Gasteiger partial charge in [-0.1, -0.05) is 0 Å². The quantitative estimate of drug-likeness (QED) is 0.615. The summed E-state index contributed by atoms with van der Waals surface area (Å²) in [6, 6.07) is 4.91. The predicted octanol–water partition coefficient (Wildman–Crippen LogP) is 1.16. The van der Waals surface area contributed by atoms with E-state index >= 15 is 0 Å². The van der Waals surface area contributed by atoms with Gasteiger partial charge in [0.1, 0.15) is 5.69 Å². The number of benzene rings is 1. The standard InChI is InChI=1S/C14H14N6O5/c15-14-16-10(6-13(21)17-14)8-3-4-18(7-8)11-2-1-9(19(22)23)5-12(11)20(24)25/h1-2,5-6,8H,3-4,7H2,(H3,15,16,17,21)/t8-/m1/s1. The van der Waals surface area contributed by atoms with Gasteiger partial charge in [-0.05, 0) is 12.5 Å². The number of nitrogens with two attached hydrogens (primary N) is 1. The molecule has 130 valence electrons. The van der Waals surface area contributed by atoms with E-state index in [0.717, 1.165) is 6.07 Å². The lowest BCUT2D eigenvalue weighted by atomic mass is 10.1. The van der Waals surface area contributed by atoms with Crippen LogP contribution in [0.1, 0.15) is 18.0 Å². The van der Waals surface area contributed by atoms with Gasteiger partial charge in [0.05, 0.1) is 21.6 Å². The lowest BCUT2D eigenvalue weighted by molar-refractivity contribution is -0.393. The minimum atomic E-state index is -0.674. The van der Waals surface area contributed by atoms with Crippen molar-refractivity contribution in [2.75, 3.05) is 23.7 Å². The van der Waals surface area contributed by atoms with Gasteiger partial charge in [0.25, 0.3) is 16.9 Å². The van der Waals surface area contributed by atoms with Crippen molar-refractivity contribution in [1.82, 2.24) is 9.97 Å². The molecule has 1 saturated heterocycles. The van der Waals surface area contributed by atoms with Gasteiger partial charge >= 0.3 is 0 Å². The first-order valence-corrected chi connectivity index (χ1v) is 7.39. The molecule has 0 radical (unpaired) electrons. The van der Waals surface area contributed by atoms with Crippen LogP contribution in [0.3, 0.4) is 0 Å². The Labute approximate surface area is 140 Å². The Morgan fingerprint density at radius 3 is 2.64 bits per heavy atom. The first-order valence-electron chi connectivity index (χ1n) is 7.39. The Balaban J connectivity index is 1.90. The van der Waals surface area contributed by atoms with Crippen LogP contribution >= 0.6 is 0 Å². The number of nitrogens with one attached hydrogen (secondary N) is 1. The average Bonchev–Trinajstić information content (AvgIpc) is 3.03. The van der Waals surface area contributed by atoms with Crippen molar-refractivity contribution in [3.05, 3.63) is 60.5 Å². The molecule has 0 bridgehead atoms. The SMILES string of the molecule is Nc1nc([C@@H]2CCN(c3ccc([N+](=O)[O-])cc3[N+](=O)[O-])C2)cc(=O)[nH]1. The minimum Gasteiger partial charge on any atom is -0.369 e. The monoisotopic (exact) mass is 346 g/mol. The van der Waals surface area contributed by atoms with E-state index in [4.69, 9.17) is 5.73 Å². The number of aromatic nitrogens is 2. The Bertz CT molecular complexity index is 911. The normalized spacial score (nSPS) is 16.8. The first kappa shape index (κ1) is 16.4. The molecule has 3 rings (SSSR count). The van der Waals surface area contributed by atoms with Crippen LogP contribution in [-0.2, 0) is 0 Å². The third kappa shape index (κ3) is 3.24. The molecule has 11 nitrogen and oxygen atoms in total. The van der Waals surface area contributed by atoms with E-state index in [0.29, 0.717) is 30.9 Å². The van der Waals surface area contributed by atoms with Crippen LogP contribution in [0, 0.1) is 20.2 Å². The summed E-state index contributed by atoms with van der Waals surface area (Å²) in [6.07, 6.45) is 0.629. The number of hydrogen-bond donors (Lipinski definition) is 2. The van der Waals surface area contributed by atoms with Crippen LogP contribution in [0.4, 0.5) is 23.0 Å². The predicted molar refractivity (Wildman–Crippen MR) is 88.6 cm³/mol. The van der Waals surface area contributed by atoms with Gasteiger partial charge in [-0.2, -0.15) is 0 Å². The van der Waals surface area contributed by atoms with Crippen LogP contribution in [0.15, 0.2) is 29.1 Å². The molecule has 1 aromatic carbocycles. The van der Waals surface area contributed by atoms with Gasteiger partial charge in [0.15, 0.2) is 0 Å². The van der Waals surface area contributed by atoms with Crippen molar-refractivity contribution in [1.29, 1.82) is 0 Å². The zero-order chi connectivity index (χ0) is 18.1. The Hall–Kier alpha value is -3.50. The van der Waals surface area contributed by atoms with Crippen molar-refractivity contribution in [2.24, 2.45) is 0 Å². The molecule has 0 unspecified atom stereocenters. The number of aromatic amines is 1. The summed E-state index contributed by atoms with van der Waals surface area (Å²) >= 11 is 0. The van der Waals surface area contributed by atoms with Crippen molar-refractivity contribution < 1.29 is 9.85 Å². The number of anilines is 2. The highest BCUT2D eigenvalue weighted by atomic mass is 16.6. The van der Waals surface area contributed by atoms with Gasteiger partial charge in [-0.15, -0.1) is 0 Å². The molecule has 3 N–H and O–H groups in total. The van der Waals surface area contributed by atoms with Gasteiger partial charge < -0.3 is 10.6 Å². The van der Waals surface area contributed by atoms with Crippen LogP contribution in [-0.4, -0.2) is 32.9 Å². The van der Waals surface area contributed by atoms with E-state index in [-0.39, 0.29) is 28.8 Å². The van der Waals surface area contributed by atoms with Crippen LogP contribution in [0.5, 0.6) is 0 Å². The van der Waals surface area contributed by atoms with Crippen molar-refractivity contribution >= 4 is 23.0 Å². The summed E-state index contributed by atoms with van der Waals surface area (Å²) in [5.41, 5.74) is 5.35. The summed E-state index contributed by atoms with van der Waals surface area (Å²) in [5, 5.41) is 22.1. The molecule has 0 spiro atoms. The average molecular weight is 346 g/mol. The minimum absolute atomic E-state index is 0.0160. The molecule has 0 amide bonds. The van der Waals surface area contributed by atoms with Crippen LogP contribution in [0.2, 0.25) is 0 Å². The highest BCUT2D eigenvalue weighted by molar-refractivity contribution is 5.67. The van der Waals surface area contributed by atoms with Crippen molar-refractivity contribution in [3.8, 4) is 0 Å². The molecule has 0 saturated carbocycles. The largest absolute Gasteiger partial charge is 0.369 e. The zero-order valence-electron chi connectivity index (χ0n) is 12.9. The summed E-state index contributed by atoms with van der Waals surface area (Å²) in [6.45, 7) is 0.895. The lowest BCUT2D eigenvalue weighted by Crippen LogP contribution is -2.21. The molecule has 0 aliphatic carbocycles. The van der Waals surface area contributed by atoms with E-state index in [2.05, 4.69) is 9.97 Å². The Morgan fingerprint density at radius 1 is 1.24 bits per heavy atom. The van der Waals surface area contributed by atoms with Crippen molar-refractivity contribution in [3.63, 3.8) is 0 Å². The molecule has 1 aliphatic rings. The Kier molecular flexibility index (Phi) is 4.05. The molecule has 1 aromatic heterocycles. The summed E-state index contributed by atoms with van der Waals surface area (Å²) in [7, 11) is 0.